The lowest BCUT2D eigenvalue weighted by Crippen LogP contribution is -2.51. The molecule has 1 fully saturated rings. The number of benzene rings is 2. The Morgan fingerprint density at radius 1 is 1.14 bits per heavy atom. The highest BCUT2D eigenvalue weighted by Crippen LogP contribution is 2.26. The molecule has 0 unspecified atom stereocenters. The van der Waals surface area contributed by atoms with Crippen molar-refractivity contribution in [3.63, 3.8) is 0 Å². The minimum atomic E-state index is -0.862. The monoisotopic (exact) mass is 347 g/mol. The molecule has 2 aromatic rings. The first-order valence-corrected chi connectivity index (χ1v) is 7.64. The quantitative estimate of drug-likeness (QED) is 0.796. The summed E-state index contributed by atoms with van der Waals surface area (Å²) in [5, 5.41) is 0. The molecule has 1 aliphatic heterocycles. The number of hydrogen-bond donors (Lipinski definition) is 0. The van der Waals surface area contributed by atoms with Gasteiger partial charge in [0.2, 0.25) is 0 Å². The van der Waals surface area contributed by atoms with E-state index in [0.29, 0.717) is 5.56 Å². The topological polar surface area (TPSA) is 20.3 Å². The van der Waals surface area contributed by atoms with Crippen LogP contribution >= 0.6 is 15.9 Å². The summed E-state index contributed by atoms with van der Waals surface area (Å²) in [6.07, 6.45) is -0.862. The minimum Gasteiger partial charge on any atom is -0.333 e. The molecule has 0 atom stereocenters. The molecular weight excluding hydrogens is 333 g/mol. The van der Waals surface area contributed by atoms with Crippen LogP contribution < -0.4 is 0 Å². The van der Waals surface area contributed by atoms with Gasteiger partial charge in [0.05, 0.1) is 13.1 Å². The Bertz CT molecular complexity index is 678. The molecule has 0 spiro atoms. The number of nitrogens with zero attached hydrogens (tertiary/aromatic N) is 1. The maximum absolute atomic E-state index is 12.8. The van der Waals surface area contributed by atoms with Gasteiger partial charge in [0, 0.05) is 10.0 Å². The van der Waals surface area contributed by atoms with E-state index in [2.05, 4.69) is 22.0 Å². The number of alkyl halides is 1. The van der Waals surface area contributed by atoms with E-state index in [9.17, 15) is 9.18 Å². The molecule has 108 valence electrons. The molecule has 4 heteroatoms. The number of carbonyl (C=O) groups excluding carboxylic acids is 1. The van der Waals surface area contributed by atoms with Gasteiger partial charge in [-0.25, -0.2) is 4.39 Å². The van der Waals surface area contributed by atoms with Crippen molar-refractivity contribution < 1.29 is 9.18 Å². The number of hydrogen-bond acceptors (Lipinski definition) is 1. The summed E-state index contributed by atoms with van der Waals surface area (Å²) in [7, 11) is 0. The Labute approximate surface area is 131 Å². The van der Waals surface area contributed by atoms with Crippen LogP contribution in [0.25, 0.3) is 11.1 Å². The summed E-state index contributed by atoms with van der Waals surface area (Å²) in [6.45, 7) is 2.47. The molecular formula is C17H15BrFNO. The fraction of sp³-hybridized carbons (Fsp3) is 0.235. The lowest BCUT2D eigenvalue weighted by atomic mass is 10.0. The van der Waals surface area contributed by atoms with Gasteiger partial charge in [-0.1, -0.05) is 40.2 Å². The highest BCUT2D eigenvalue weighted by atomic mass is 79.9. The summed E-state index contributed by atoms with van der Waals surface area (Å²) in [5.41, 5.74) is 3.96. The van der Waals surface area contributed by atoms with Crippen LogP contribution in [0.15, 0.2) is 46.9 Å². The molecule has 1 saturated heterocycles. The van der Waals surface area contributed by atoms with Gasteiger partial charge in [-0.05, 0) is 41.8 Å². The first-order valence-electron chi connectivity index (χ1n) is 6.84. The SMILES string of the molecule is Cc1cc(-c2ccc(C(=O)N3CC(F)C3)cc2)ccc1Br. The van der Waals surface area contributed by atoms with Gasteiger partial charge in [-0.3, -0.25) is 4.79 Å². The predicted molar refractivity (Wildman–Crippen MR) is 85.1 cm³/mol. The number of halogens is 2. The molecule has 1 amide bonds. The smallest absolute Gasteiger partial charge is 0.254 e. The first-order chi connectivity index (χ1) is 10.0. The van der Waals surface area contributed by atoms with Crippen LogP contribution in [0.4, 0.5) is 4.39 Å². The second-order valence-corrected chi connectivity index (χ2v) is 6.20. The van der Waals surface area contributed by atoms with E-state index in [1.165, 1.54) is 10.5 Å². The fourth-order valence-electron chi connectivity index (χ4n) is 2.40. The molecule has 0 saturated carbocycles. The Kier molecular flexibility index (Phi) is 3.81. The number of carbonyl (C=O) groups is 1. The van der Waals surface area contributed by atoms with E-state index in [1.54, 1.807) is 12.1 Å². The van der Waals surface area contributed by atoms with E-state index in [1.807, 2.05) is 31.2 Å². The van der Waals surface area contributed by atoms with Crippen LogP contribution in [-0.4, -0.2) is 30.1 Å². The number of likely N-dealkylation sites (tertiary alicyclic amines) is 1. The van der Waals surface area contributed by atoms with Gasteiger partial charge in [0.1, 0.15) is 6.17 Å². The summed E-state index contributed by atoms with van der Waals surface area (Å²) in [6, 6.07) is 13.6. The van der Waals surface area contributed by atoms with Crippen molar-refractivity contribution in [1.29, 1.82) is 0 Å². The summed E-state index contributed by atoms with van der Waals surface area (Å²) in [4.78, 5) is 13.6. The molecule has 0 bridgehead atoms. The van der Waals surface area contributed by atoms with Gasteiger partial charge < -0.3 is 4.90 Å². The first kappa shape index (κ1) is 14.3. The average Bonchev–Trinajstić information content (AvgIpc) is 2.46. The van der Waals surface area contributed by atoms with Gasteiger partial charge in [-0.2, -0.15) is 0 Å². The molecule has 0 N–H and O–H groups in total. The lowest BCUT2D eigenvalue weighted by Gasteiger charge is -2.34. The molecule has 0 aliphatic carbocycles. The maximum atomic E-state index is 12.8. The van der Waals surface area contributed by atoms with Gasteiger partial charge >= 0.3 is 0 Å². The van der Waals surface area contributed by atoms with E-state index >= 15 is 0 Å². The molecule has 21 heavy (non-hydrogen) atoms. The zero-order valence-electron chi connectivity index (χ0n) is 11.6. The fourth-order valence-corrected chi connectivity index (χ4v) is 2.65. The van der Waals surface area contributed by atoms with Gasteiger partial charge in [-0.15, -0.1) is 0 Å². The van der Waals surface area contributed by atoms with E-state index < -0.39 is 6.17 Å². The largest absolute Gasteiger partial charge is 0.333 e. The molecule has 3 rings (SSSR count). The van der Waals surface area contributed by atoms with Crippen LogP contribution in [0.5, 0.6) is 0 Å². The second kappa shape index (κ2) is 5.60. The van der Waals surface area contributed by atoms with E-state index in [4.69, 9.17) is 0 Å². The standard InChI is InChI=1S/C17H15BrFNO/c1-11-8-14(6-7-16(11)18)12-2-4-13(5-3-12)17(21)20-9-15(19)10-20/h2-8,15H,9-10H2,1H3. The summed E-state index contributed by atoms with van der Waals surface area (Å²) in [5.74, 6) is -0.0950. The Morgan fingerprint density at radius 2 is 1.76 bits per heavy atom. The van der Waals surface area contributed by atoms with E-state index in [0.717, 1.165) is 15.6 Å². The number of aryl methyl sites for hydroxylation is 1. The number of amides is 1. The van der Waals surface area contributed by atoms with Crippen LogP contribution in [0, 0.1) is 6.92 Å². The van der Waals surface area contributed by atoms with Crippen molar-refractivity contribution in [3.05, 3.63) is 58.1 Å². The van der Waals surface area contributed by atoms with Crippen LogP contribution in [0.1, 0.15) is 15.9 Å². The number of rotatable bonds is 2. The maximum Gasteiger partial charge on any atom is 0.254 e. The van der Waals surface area contributed by atoms with Crippen LogP contribution in [0.3, 0.4) is 0 Å². The predicted octanol–water partition coefficient (Wildman–Crippen LogP) is 4.22. The second-order valence-electron chi connectivity index (χ2n) is 5.35. The molecule has 0 radical (unpaired) electrons. The van der Waals surface area contributed by atoms with Crippen molar-refractivity contribution in [2.75, 3.05) is 13.1 Å². The third kappa shape index (κ3) is 2.86. The summed E-state index contributed by atoms with van der Waals surface area (Å²) >= 11 is 3.49. The lowest BCUT2D eigenvalue weighted by molar-refractivity contribution is 0.0400. The molecule has 0 aromatic heterocycles. The zero-order valence-corrected chi connectivity index (χ0v) is 13.2. The molecule has 2 aromatic carbocycles. The van der Waals surface area contributed by atoms with Crippen molar-refractivity contribution in [2.24, 2.45) is 0 Å². The molecule has 2 nitrogen and oxygen atoms in total. The van der Waals surface area contributed by atoms with Crippen LogP contribution in [0.2, 0.25) is 0 Å². The summed E-state index contributed by atoms with van der Waals surface area (Å²) < 4.78 is 13.9. The minimum absolute atomic E-state index is 0.0950. The van der Waals surface area contributed by atoms with Crippen LogP contribution in [-0.2, 0) is 0 Å². The third-order valence-corrected chi connectivity index (χ3v) is 4.64. The van der Waals surface area contributed by atoms with Crippen molar-refractivity contribution in [2.45, 2.75) is 13.1 Å². The van der Waals surface area contributed by atoms with E-state index in [-0.39, 0.29) is 19.0 Å². The van der Waals surface area contributed by atoms with Crippen molar-refractivity contribution in [1.82, 2.24) is 4.90 Å². The van der Waals surface area contributed by atoms with Gasteiger partial charge in [0.15, 0.2) is 0 Å². The van der Waals surface area contributed by atoms with Crippen molar-refractivity contribution >= 4 is 21.8 Å². The molecule has 1 aliphatic rings. The zero-order chi connectivity index (χ0) is 15.0. The Hall–Kier alpha value is -1.68. The molecule has 1 heterocycles. The van der Waals surface area contributed by atoms with Gasteiger partial charge in [0.25, 0.3) is 5.91 Å². The Balaban J connectivity index is 1.80. The third-order valence-electron chi connectivity index (χ3n) is 3.75. The normalized spacial score (nSPS) is 14.9. The Morgan fingerprint density at radius 3 is 2.33 bits per heavy atom. The average molecular weight is 348 g/mol. The highest BCUT2D eigenvalue weighted by molar-refractivity contribution is 9.10. The van der Waals surface area contributed by atoms with Crippen molar-refractivity contribution in [3.8, 4) is 11.1 Å². The highest BCUT2D eigenvalue weighted by Gasteiger charge is 2.30.